The number of benzene rings is 2. The molecule has 0 saturated carbocycles. The van der Waals surface area contributed by atoms with Crippen LogP contribution in [0, 0.1) is 6.92 Å². The second-order valence-corrected chi connectivity index (χ2v) is 8.82. The number of aromatic nitrogens is 5. The Hall–Kier alpha value is -5.11. The third-order valence-electron chi connectivity index (χ3n) is 6.18. The van der Waals surface area contributed by atoms with Crippen LogP contribution in [0.15, 0.2) is 96.2 Å². The number of hydrogen-bond donors (Lipinski definition) is 2. The standard InChI is InChI=1S/C23H20N2O.C7H7N5/c1-3-19-13-17-8-7-11-21(18-12-16(2)14-24-15-18)22(17)23(26)25(19)20-9-5-4-6-10-20;8-6-5-4(2-1-3-10-5)11-7(9)12-6/h4-15H,3H2,1-2H3;1-3H,(H4,8,9,11,12). The average molecular weight is 502 g/mol. The van der Waals surface area contributed by atoms with Crippen molar-refractivity contribution < 1.29 is 0 Å². The zero-order valence-electron chi connectivity index (χ0n) is 21.2. The van der Waals surface area contributed by atoms with Crippen LogP contribution in [0.25, 0.3) is 38.6 Å². The molecule has 0 spiro atoms. The minimum atomic E-state index is 0.0163. The summed E-state index contributed by atoms with van der Waals surface area (Å²) in [5.74, 6) is 0.492. The van der Waals surface area contributed by atoms with Gasteiger partial charge in [0.1, 0.15) is 5.52 Å². The fourth-order valence-electron chi connectivity index (χ4n) is 4.49. The van der Waals surface area contributed by atoms with E-state index in [9.17, 15) is 4.79 Å². The monoisotopic (exact) mass is 501 g/mol. The number of pyridine rings is 3. The fourth-order valence-corrected chi connectivity index (χ4v) is 4.49. The van der Waals surface area contributed by atoms with Crippen molar-refractivity contribution >= 4 is 33.6 Å². The maximum atomic E-state index is 13.5. The molecule has 38 heavy (non-hydrogen) atoms. The number of nitrogens with zero attached hydrogens (tertiary/aromatic N) is 5. The van der Waals surface area contributed by atoms with Crippen LogP contribution in [0.4, 0.5) is 11.8 Å². The van der Waals surface area contributed by atoms with Gasteiger partial charge in [-0.15, -0.1) is 0 Å². The van der Waals surface area contributed by atoms with E-state index in [1.54, 1.807) is 18.3 Å². The molecule has 6 aromatic rings. The summed E-state index contributed by atoms with van der Waals surface area (Å²) in [5.41, 5.74) is 17.1. The number of fused-ring (bicyclic) bond motifs is 2. The molecule has 2 aromatic carbocycles. The molecule has 4 aromatic heterocycles. The number of rotatable bonds is 3. The number of anilines is 2. The first kappa shape index (κ1) is 24.6. The average Bonchev–Trinajstić information content (AvgIpc) is 2.93. The Morgan fingerprint density at radius 2 is 1.71 bits per heavy atom. The van der Waals surface area contributed by atoms with Crippen molar-refractivity contribution in [3.8, 4) is 16.8 Å². The van der Waals surface area contributed by atoms with Gasteiger partial charge in [-0.2, -0.15) is 4.98 Å². The van der Waals surface area contributed by atoms with Crippen molar-refractivity contribution in [2.75, 3.05) is 11.5 Å². The van der Waals surface area contributed by atoms with E-state index in [4.69, 9.17) is 11.5 Å². The van der Waals surface area contributed by atoms with Gasteiger partial charge in [-0.05, 0) is 66.3 Å². The molecule has 0 fully saturated rings. The van der Waals surface area contributed by atoms with E-state index in [1.165, 1.54) is 0 Å². The number of aryl methyl sites for hydroxylation is 2. The summed E-state index contributed by atoms with van der Waals surface area (Å²) < 4.78 is 1.83. The summed E-state index contributed by atoms with van der Waals surface area (Å²) in [6.07, 6.45) is 6.07. The van der Waals surface area contributed by atoms with Gasteiger partial charge >= 0.3 is 0 Å². The van der Waals surface area contributed by atoms with Crippen LogP contribution >= 0.6 is 0 Å². The summed E-state index contributed by atoms with van der Waals surface area (Å²) in [7, 11) is 0. The van der Waals surface area contributed by atoms with Crippen molar-refractivity contribution in [3.63, 3.8) is 0 Å². The van der Waals surface area contributed by atoms with Crippen molar-refractivity contribution in [1.29, 1.82) is 0 Å². The van der Waals surface area contributed by atoms with Crippen LogP contribution in [0.3, 0.4) is 0 Å². The van der Waals surface area contributed by atoms with Gasteiger partial charge in [0.2, 0.25) is 5.95 Å². The molecular weight excluding hydrogens is 474 g/mol. The lowest BCUT2D eigenvalue weighted by atomic mass is 9.99. The Bertz CT molecular complexity index is 1810. The third kappa shape index (κ3) is 4.79. The smallest absolute Gasteiger partial charge is 0.263 e. The number of hydrogen-bond acceptors (Lipinski definition) is 7. The van der Waals surface area contributed by atoms with E-state index in [0.29, 0.717) is 16.9 Å². The number of nitrogens with two attached hydrogens (primary N) is 2. The maximum Gasteiger partial charge on any atom is 0.263 e. The molecule has 8 nitrogen and oxygen atoms in total. The SMILES string of the molecule is CCc1cc2cccc(-c3cncc(C)c3)c2c(=O)n1-c1ccccc1.Nc1nc(N)c2ncccc2n1. The first-order valence-corrected chi connectivity index (χ1v) is 12.2. The summed E-state index contributed by atoms with van der Waals surface area (Å²) in [5, 5.41) is 1.71. The van der Waals surface area contributed by atoms with Crippen LogP contribution < -0.4 is 17.0 Å². The van der Waals surface area contributed by atoms with Crippen LogP contribution in [0.1, 0.15) is 18.2 Å². The first-order valence-electron chi connectivity index (χ1n) is 12.2. The van der Waals surface area contributed by atoms with E-state index in [1.807, 2.05) is 72.4 Å². The molecule has 0 radical (unpaired) electrons. The summed E-state index contributed by atoms with van der Waals surface area (Å²) in [6.45, 7) is 4.09. The lowest BCUT2D eigenvalue weighted by molar-refractivity contribution is 0.889. The molecule has 0 unspecified atom stereocenters. The Morgan fingerprint density at radius 1 is 0.895 bits per heavy atom. The molecule has 0 bridgehead atoms. The number of nitrogen functional groups attached to an aromatic ring is 2. The van der Waals surface area contributed by atoms with Gasteiger partial charge in [0, 0.05) is 35.5 Å². The molecule has 0 amide bonds. The topological polar surface area (TPSA) is 126 Å². The van der Waals surface area contributed by atoms with Gasteiger partial charge in [0.05, 0.1) is 10.9 Å². The Morgan fingerprint density at radius 3 is 2.47 bits per heavy atom. The van der Waals surface area contributed by atoms with Crippen molar-refractivity contribution in [2.45, 2.75) is 20.3 Å². The maximum absolute atomic E-state index is 13.5. The molecule has 0 aliphatic rings. The van der Waals surface area contributed by atoms with Gasteiger partial charge < -0.3 is 11.5 Å². The van der Waals surface area contributed by atoms with E-state index >= 15 is 0 Å². The number of para-hydroxylation sites is 1. The Kier molecular flexibility index (Phi) is 6.78. The van der Waals surface area contributed by atoms with Crippen molar-refractivity contribution in [1.82, 2.24) is 24.5 Å². The molecule has 6 rings (SSSR count). The van der Waals surface area contributed by atoms with Gasteiger partial charge in [0.15, 0.2) is 5.82 Å². The zero-order chi connectivity index (χ0) is 26.6. The van der Waals surface area contributed by atoms with Crippen LogP contribution in [0.5, 0.6) is 0 Å². The third-order valence-corrected chi connectivity index (χ3v) is 6.18. The van der Waals surface area contributed by atoms with Crippen LogP contribution in [-0.4, -0.2) is 24.5 Å². The van der Waals surface area contributed by atoms with Crippen LogP contribution in [-0.2, 0) is 6.42 Å². The van der Waals surface area contributed by atoms with Crippen LogP contribution in [0.2, 0.25) is 0 Å². The van der Waals surface area contributed by atoms with Gasteiger partial charge in [-0.1, -0.05) is 43.3 Å². The summed E-state index contributed by atoms with van der Waals surface area (Å²) in [6, 6.07) is 23.6. The predicted molar refractivity (Wildman–Crippen MR) is 153 cm³/mol. The second-order valence-electron chi connectivity index (χ2n) is 8.82. The Balaban J connectivity index is 0.000000204. The highest BCUT2D eigenvalue weighted by Gasteiger charge is 2.14. The molecule has 8 heteroatoms. The van der Waals surface area contributed by atoms with Gasteiger partial charge in [-0.25, -0.2) is 4.98 Å². The molecule has 0 saturated heterocycles. The minimum Gasteiger partial charge on any atom is -0.382 e. The second kappa shape index (κ2) is 10.5. The Labute approximate surface area is 219 Å². The highest BCUT2D eigenvalue weighted by Crippen LogP contribution is 2.28. The summed E-state index contributed by atoms with van der Waals surface area (Å²) >= 11 is 0. The molecule has 4 heterocycles. The van der Waals surface area contributed by atoms with E-state index in [2.05, 4.69) is 39.0 Å². The van der Waals surface area contributed by atoms with E-state index in [0.717, 1.165) is 45.3 Å². The fraction of sp³-hybridized carbons (Fsp3) is 0.100. The summed E-state index contributed by atoms with van der Waals surface area (Å²) in [4.78, 5) is 29.6. The normalized spacial score (nSPS) is 10.8. The molecular formula is C30H27N7O. The molecule has 0 aliphatic carbocycles. The lowest BCUT2D eigenvalue weighted by Crippen LogP contribution is -2.22. The van der Waals surface area contributed by atoms with Gasteiger partial charge in [0.25, 0.3) is 5.56 Å². The molecule has 188 valence electrons. The van der Waals surface area contributed by atoms with Crippen molar-refractivity contribution in [3.05, 3.63) is 113 Å². The molecule has 4 N–H and O–H groups in total. The molecule has 0 atom stereocenters. The largest absolute Gasteiger partial charge is 0.382 e. The van der Waals surface area contributed by atoms with E-state index < -0.39 is 0 Å². The highest BCUT2D eigenvalue weighted by molar-refractivity contribution is 5.96. The predicted octanol–water partition coefficient (Wildman–Crippen LogP) is 5.11. The van der Waals surface area contributed by atoms with Gasteiger partial charge in [-0.3, -0.25) is 19.3 Å². The minimum absolute atomic E-state index is 0.0163. The van der Waals surface area contributed by atoms with E-state index in [-0.39, 0.29) is 11.5 Å². The molecule has 0 aliphatic heterocycles. The highest BCUT2D eigenvalue weighted by atomic mass is 16.1. The van der Waals surface area contributed by atoms with Crippen molar-refractivity contribution in [2.24, 2.45) is 0 Å². The zero-order valence-corrected chi connectivity index (χ0v) is 21.2. The first-order chi connectivity index (χ1) is 18.5. The lowest BCUT2D eigenvalue weighted by Gasteiger charge is -2.15. The quantitative estimate of drug-likeness (QED) is 0.345.